The van der Waals surface area contributed by atoms with Crippen LogP contribution in [-0.2, 0) is 4.74 Å². The molecule has 1 aliphatic rings. The molecule has 8 nitrogen and oxygen atoms in total. The smallest absolute Gasteiger partial charge is 0.395 e. The molecule has 0 bridgehead atoms. The summed E-state index contributed by atoms with van der Waals surface area (Å²) in [5.41, 5.74) is 0.656. The summed E-state index contributed by atoms with van der Waals surface area (Å²) in [6.45, 7) is 5.00. The maximum Gasteiger partial charge on any atom is 0.433 e. The first-order chi connectivity index (χ1) is 12.3. The van der Waals surface area contributed by atoms with Gasteiger partial charge >= 0.3 is 5.88 Å². The molecule has 1 aromatic heterocycles. The number of nitrogens with zero attached hydrogens (tertiary/aromatic N) is 2. The predicted molar refractivity (Wildman–Crippen MR) is 91.9 cm³/mol. The molecule has 9 heteroatoms. The molecule has 2 unspecified atom stereocenters. The van der Waals surface area contributed by atoms with Crippen molar-refractivity contribution in [2.75, 3.05) is 23.3 Å². The highest BCUT2D eigenvalue weighted by Crippen LogP contribution is 2.26. The topological polar surface area (TPSA) is 97.9 Å². The van der Waals surface area contributed by atoms with E-state index in [1.807, 2.05) is 18.7 Å². The molecule has 3 rings (SSSR count). The van der Waals surface area contributed by atoms with Crippen molar-refractivity contribution >= 4 is 23.2 Å². The van der Waals surface area contributed by atoms with E-state index in [2.05, 4.69) is 5.32 Å². The van der Waals surface area contributed by atoms with Crippen LogP contribution in [-0.4, -0.2) is 36.1 Å². The first-order valence-corrected chi connectivity index (χ1v) is 8.09. The normalized spacial score (nSPS) is 20.0. The summed E-state index contributed by atoms with van der Waals surface area (Å²) < 4.78 is 25.0. The molecule has 0 spiro atoms. The first-order valence-electron chi connectivity index (χ1n) is 8.09. The molecule has 1 amide bonds. The second-order valence-electron chi connectivity index (χ2n) is 6.18. The average Bonchev–Trinajstić information content (AvgIpc) is 3.04. The van der Waals surface area contributed by atoms with E-state index in [0.717, 1.165) is 6.07 Å². The third-order valence-corrected chi connectivity index (χ3v) is 3.96. The SMILES string of the molecule is CC1CN(c2ccc(NC(=O)c3ccc([N+](=O)[O-])o3)cc2F)CC(C)O1. The van der Waals surface area contributed by atoms with Crippen molar-refractivity contribution in [1.82, 2.24) is 0 Å². The highest BCUT2D eigenvalue weighted by Gasteiger charge is 2.24. The van der Waals surface area contributed by atoms with Gasteiger partial charge < -0.3 is 19.4 Å². The number of nitro groups is 1. The van der Waals surface area contributed by atoms with Crippen molar-refractivity contribution in [3.05, 3.63) is 52.0 Å². The van der Waals surface area contributed by atoms with Gasteiger partial charge in [-0.05, 0) is 38.1 Å². The van der Waals surface area contributed by atoms with Crippen LogP contribution in [0.2, 0.25) is 0 Å². The molecule has 2 aromatic rings. The number of morpholine rings is 1. The van der Waals surface area contributed by atoms with Crippen molar-refractivity contribution in [2.45, 2.75) is 26.1 Å². The van der Waals surface area contributed by atoms with E-state index in [1.54, 1.807) is 12.1 Å². The van der Waals surface area contributed by atoms with Gasteiger partial charge in [-0.2, -0.15) is 0 Å². The summed E-state index contributed by atoms with van der Waals surface area (Å²) in [5.74, 6) is -1.93. The van der Waals surface area contributed by atoms with Crippen LogP contribution in [0.4, 0.5) is 21.6 Å². The van der Waals surface area contributed by atoms with Gasteiger partial charge in [-0.25, -0.2) is 4.39 Å². The second-order valence-corrected chi connectivity index (χ2v) is 6.18. The van der Waals surface area contributed by atoms with Crippen LogP contribution < -0.4 is 10.2 Å². The van der Waals surface area contributed by atoms with E-state index in [0.29, 0.717) is 18.8 Å². The zero-order valence-electron chi connectivity index (χ0n) is 14.3. The van der Waals surface area contributed by atoms with Gasteiger partial charge in [-0.15, -0.1) is 0 Å². The van der Waals surface area contributed by atoms with Gasteiger partial charge in [-0.1, -0.05) is 0 Å². The van der Waals surface area contributed by atoms with E-state index in [9.17, 15) is 19.3 Å². The number of nitrogens with one attached hydrogen (secondary N) is 1. The number of ether oxygens (including phenoxy) is 1. The van der Waals surface area contributed by atoms with E-state index in [-0.39, 0.29) is 23.7 Å². The zero-order chi connectivity index (χ0) is 18.8. The minimum Gasteiger partial charge on any atom is -0.395 e. The minimum atomic E-state index is -0.741. The molecule has 138 valence electrons. The van der Waals surface area contributed by atoms with E-state index < -0.39 is 22.5 Å². The van der Waals surface area contributed by atoms with E-state index in [1.165, 1.54) is 12.1 Å². The lowest BCUT2D eigenvalue weighted by molar-refractivity contribution is -0.402. The molecule has 0 aliphatic carbocycles. The number of anilines is 2. The Morgan fingerprint density at radius 1 is 1.27 bits per heavy atom. The number of hydrogen-bond acceptors (Lipinski definition) is 6. The van der Waals surface area contributed by atoms with Crippen LogP contribution in [0.3, 0.4) is 0 Å². The van der Waals surface area contributed by atoms with Crippen LogP contribution in [0.25, 0.3) is 0 Å². The van der Waals surface area contributed by atoms with Gasteiger partial charge in [0.2, 0.25) is 0 Å². The van der Waals surface area contributed by atoms with Crippen LogP contribution in [0.15, 0.2) is 34.7 Å². The summed E-state index contributed by atoms with van der Waals surface area (Å²) >= 11 is 0. The molecule has 1 aromatic carbocycles. The van der Waals surface area contributed by atoms with Gasteiger partial charge in [0.25, 0.3) is 5.91 Å². The van der Waals surface area contributed by atoms with Crippen molar-refractivity contribution in [2.24, 2.45) is 0 Å². The molecule has 26 heavy (non-hydrogen) atoms. The Bertz CT molecular complexity index is 828. The summed E-state index contributed by atoms with van der Waals surface area (Å²) in [7, 11) is 0. The molecule has 1 aliphatic heterocycles. The van der Waals surface area contributed by atoms with Gasteiger partial charge in [0.15, 0.2) is 5.76 Å². The van der Waals surface area contributed by atoms with Gasteiger partial charge in [0.1, 0.15) is 10.7 Å². The van der Waals surface area contributed by atoms with Gasteiger partial charge in [0.05, 0.1) is 24.0 Å². The van der Waals surface area contributed by atoms with E-state index >= 15 is 0 Å². The zero-order valence-corrected chi connectivity index (χ0v) is 14.3. The molecule has 2 heterocycles. The largest absolute Gasteiger partial charge is 0.433 e. The second kappa shape index (κ2) is 7.12. The van der Waals surface area contributed by atoms with Crippen LogP contribution >= 0.6 is 0 Å². The number of amides is 1. The number of rotatable bonds is 4. The molecule has 1 fully saturated rings. The lowest BCUT2D eigenvalue weighted by Gasteiger charge is -2.37. The monoisotopic (exact) mass is 363 g/mol. The van der Waals surface area contributed by atoms with E-state index in [4.69, 9.17) is 9.15 Å². The molecule has 0 radical (unpaired) electrons. The Kier molecular flexibility index (Phi) is 4.90. The fourth-order valence-corrected chi connectivity index (χ4v) is 2.96. The summed E-state index contributed by atoms with van der Waals surface area (Å²) in [5, 5.41) is 13.1. The third-order valence-electron chi connectivity index (χ3n) is 3.96. The van der Waals surface area contributed by atoms with Crippen molar-refractivity contribution in [3.8, 4) is 0 Å². The predicted octanol–water partition coefficient (Wildman–Crippen LogP) is 3.19. The van der Waals surface area contributed by atoms with Crippen molar-refractivity contribution < 1.29 is 23.3 Å². The number of halogens is 1. The Morgan fingerprint density at radius 3 is 2.54 bits per heavy atom. The number of benzene rings is 1. The molecule has 1 N–H and O–H groups in total. The van der Waals surface area contributed by atoms with Crippen molar-refractivity contribution in [1.29, 1.82) is 0 Å². The highest BCUT2D eigenvalue weighted by atomic mass is 19.1. The van der Waals surface area contributed by atoms with Crippen LogP contribution in [0.1, 0.15) is 24.4 Å². The highest BCUT2D eigenvalue weighted by molar-refractivity contribution is 6.02. The van der Waals surface area contributed by atoms with Crippen molar-refractivity contribution in [3.63, 3.8) is 0 Å². The van der Waals surface area contributed by atoms with Gasteiger partial charge in [-0.3, -0.25) is 14.9 Å². The van der Waals surface area contributed by atoms with Gasteiger partial charge in [0, 0.05) is 18.8 Å². The Balaban J connectivity index is 1.72. The number of carbonyl (C=O) groups is 1. The lowest BCUT2D eigenvalue weighted by Crippen LogP contribution is -2.45. The first kappa shape index (κ1) is 17.9. The lowest BCUT2D eigenvalue weighted by atomic mass is 10.2. The Morgan fingerprint density at radius 2 is 1.96 bits per heavy atom. The van der Waals surface area contributed by atoms with Crippen LogP contribution in [0.5, 0.6) is 0 Å². The maximum absolute atomic E-state index is 14.5. The third kappa shape index (κ3) is 3.83. The fourth-order valence-electron chi connectivity index (χ4n) is 2.96. The molecular weight excluding hydrogens is 345 g/mol. The number of carbonyl (C=O) groups excluding carboxylic acids is 1. The molecular formula is C17H18FN3O5. The average molecular weight is 363 g/mol. The number of hydrogen-bond donors (Lipinski definition) is 1. The fraction of sp³-hybridized carbons (Fsp3) is 0.353. The summed E-state index contributed by atoms with van der Waals surface area (Å²) in [6.07, 6.45) is -0.0143. The minimum absolute atomic E-state index is 0.00716. The number of furan rings is 1. The maximum atomic E-state index is 14.5. The quantitative estimate of drug-likeness (QED) is 0.662. The Labute approximate surface area is 148 Å². The molecule has 1 saturated heterocycles. The molecule has 0 saturated carbocycles. The standard InChI is InChI=1S/C17H18FN3O5/c1-10-8-20(9-11(2)25-10)14-4-3-12(7-13(14)18)19-17(22)15-5-6-16(26-15)21(23)24/h3-7,10-11H,8-9H2,1-2H3,(H,19,22). The molecule has 2 atom stereocenters. The Hall–Kier alpha value is -2.94. The summed E-state index contributed by atoms with van der Waals surface area (Å²) in [4.78, 5) is 23.8. The summed E-state index contributed by atoms with van der Waals surface area (Å²) in [6, 6.07) is 6.63. The van der Waals surface area contributed by atoms with Crippen LogP contribution in [0, 0.1) is 15.9 Å².